The van der Waals surface area contributed by atoms with Crippen LogP contribution in [0.3, 0.4) is 0 Å². The van der Waals surface area contributed by atoms with E-state index in [4.69, 9.17) is 28.6 Å². The van der Waals surface area contributed by atoms with Crippen LogP contribution >= 0.6 is 23.8 Å². The number of carbonyl (C=O) groups is 1. The minimum absolute atomic E-state index is 0.321. The summed E-state index contributed by atoms with van der Waals surface area (Å²) >= 11 is 10.6. The van der Waals surface area contributed by atoms with E-state index in [1.165, 1.54) is 0 Å². The number of carbonyl (C=O) groups excluding carboxylic acids is 1. The summed E-state index contributed by atoms with van der Waals surface area (Å²) in [4.78, 5) is 11.6. The van der Waals surface area contributed by atoms with Crippen molar-refractivity contribution in [2.75, 3.05) is 7.05 Å². The molecule has 1 rings (SSSR count). The Balaban J connectivity index is 2.44. The zero-order chi connectivity index (χ0) is 13.5. The average Bonchev–Trinajstić information content (AvgIpc) is 2.38. The van der Waals surface area contributed by atoms with Crippen LogP contribution in [-0.2, 0) is 4.79 Å². The largest absolute Gasteiger partial charge is 0.481 e. The van der Waals surface area contributed by atoms with Crippen LogP contribution in [0.5, 0.6) is 5.75 Å². The first-order chi connectivity index (χ1) is 8.52. The molecule has 0 aliphatic carbocycles. The molecule has 0 fully saturated rings. The highest BCUT2D eigenvalue weighted by Gasteiger charge is 2.14. The van der Waals surface area contributed by atoms with Crippen LogP contribution in [0.2, 0.25) is 5.02 Å². The highest BCUT2D eigenvalue weighted by atomic mass is 35.5. The van der Waals surface area contributed by atoms with Crippen LogP contribution in [-0.4, -0.2) is 24.2 Å². The van der Waals surface area contributed by atoms with Crippen molar-refractivity contribution in [3.63, 3.8) is 0 Å². The lowest BCUT2D eigenvalue weighted by Crippen LogP contribution is -2.49. The molecule has 1 amide bonds. The van der Waals surface area contributed by atoms with E-state index in [0.717, 1.165) is 0 Å². The lowest BCUT2D eigenvalue weighted by Gasteiger charge is -2.15. The monoisotopic (exact) mass is 287 g/mol. The molecule has 3 N–H and O–H groups in total. The highest BCUT2D eigenvalue weighted by molar-refractivity contribution is 7.80. The number of benzene rings is 1. The van der Waals surface area contributed by atoms with Gasteiger partial charge >= 0.3 is 0 Å². The Morgan fingerprint density at radius 3 is 2.50 bits per heavy atom. The van der Waals surface area contributed by atoms with E-state index in [-0.39, 0.29) is 5.91 Å². The van der Waals surface area contributed by atoms with E-state index >= 15 is 0 Å². The minimum atomic E-state index is -0.654. The number of hydrogen-bond acceptors (Lipinski definition) is 3. The van der Waals surface area contributed by atoms with Gasteiger partial charge in [0.2, 0.25) is 0 Å². The van der Waals surface area contributed by atoms with Gasteiger partial charge in [0.25, 0.3) is 5.91 Å². The second-order valence-corrected chi connectivity index (χ2v) is 4.25. The molecule has 5 nitrogen and oxygen atoms in total. The van der Waals surface area contributed by atoms with Crippen LogP contribution in [0, 0.1) is 0 Å². The smallest absolute Gasteiger partial charge is 0.279 e. The van der Waals surface area contributed by atoms with Crippen molar-refractivity contribution in [1.82, 2.24) is 16.2 Å². The van der Waals surface area contributed by atoms with Gasteiger partial charge in [-0.25, -0.2) is 0 Å². The maximum Gasteiger partial charge on any atom is 0.279 e. The maximum atomic E-state index is 11.6. The predicted molar refractivity (Wildman–Crippen MR) is 74.5 cm³/mol. The average molecular weight is 288 g/mol. The van der Waals surface area contributed by atoms with Crippen molar-refractivity contribution < 1.29 is 9.53 Å². The summed E-state index contributed by atoms with van der Waals surface area (Å²) in [5.74, 6) is 0.237. The number of thiocarbonyl (C=S) groups is 1. The number of ether oxygens (including phenoxy) is 1. The summed E-state index contributed by atoms with van der Waals surface area (Å²) in [7, 11) is 1.65. The van der Waals surface area contributed by atoms with Gasteiger partial charge in [-0.1, -0.05) is 11.6 Å². The van der Waals surface area contributed by atoms with E-state index in [1.807, 2.05) is 0 Å². The fraction of sp³-hybridized carbons (Fsp3) is 0.273. The van der Waals surface area contributed by atoms with Crippen LogP contribution in [0.15, 0.2) is 24.3 Å². The van der Waals surface area contributed by atoms with Crippen molar-refractivity contribution in [3.05, 3.63) is 29.3 Å². The number of hydrazine groups is 1. The third kappa shape index (κ3) is 4.77. The van der Waals surface area contributed by atoms with Gasteiger partial charge in [-0.2, -0.15) is 0 Å². The summed E-state index contributed by atoms with van der Waals surface area (Å²) in [6.45, 7) is 1.63. The third-order valence-corrected chi connectivity index (χ3v) is 2.58. The molecule has 0 aliphatic heterocycles. The van der Waals surface area contributed by atoms with Crippen LogP contribution in [0.4, 0.5) is 0 Å². The molecule has 0 saturated heterocycles. The Hall–Kier alpha value is -1.53. The Bertz CT molecular complexity index is 425. The van der Waals surface area contributed by atoms with Gasteiger partial charge < -0.3 is 10.1 Å². The standard InChI is InChI=1S/C11H14ClN3O2S/c1-7(10(16)14-15-11(18)13-2)17-9-5-3-8(12)4-6-9/h3-7H,1-2H3,(H,14,16)(H2,13,15,18)/t7-/m0/s1. The predicted octanol–water partition coefficient (Wildman–Crippen LogP) is 1.23. The van der Waals surface area contributed by atoms with Crippen LogP contribution in [0.1, 0.15) is 6.92 Å². The third-order valence-electron chi connectivity index (χ3n) is 2.02. The van der Waals surface area contributed by atoms with Gasteiger partial charge in [-0.05, 0) is 43.4 Å². The zero-order valence-electron chi connectivity index (χ0n) is 9.99. The molecule has 1 aromatic carbocycles. The van der Waals surface area contributed by atoms with Crippen LogP contribution in [0.25, 0.3) is 0 Å². The van der Waals surface area contributed by atoms with E-state index in [2.05, 4.69) is 16.2 Å². The Labute approximate surface area is 116 Å². The number of nitrogens with one attached hydrogen (secondary N) is 3. The fourth-order valence-electron chi connectivity index (χ4n) is 1.05. The van der Waals surface area contributed by atoms with E-state index in [9.17, 15) is 4.79 Å². The van der Waals surface area contributed by atoms with Crippen molar-refractivity contribution in [3.8, 4) is 5.75 Å². The van der Waals surface area contributed by atoms with E-state index in [0.29, 0.717) is 15.9 Å². The topological polar surface area (TPSA) is 62.4 Å². The SMILES string of the molecule is CNC(=S)NNC(=O)[C@H](C)Oc1ccc(Cl)cc1. The van der Waals surface area contributed by atoms with E-state index in [1.54, 1.807) is 38.2 Å². The molecule has 7 heteroatoms. The molecule has 0 bridgehead atoms. The number of halogens is 1. The second kappa shape index (κ2) is 7.03. The van der Waals surface area contributed by atoms with Crippen molar-refractivity contribution in [2.24, 2.45) is 0 Å². The Morgan fingerprint density at radius 1 is 1.33 bits per heavy atom. The van der Waals surface area contributed by atoms with Gasteiger partial charge in [0.1, 0.15) is 5.75 Å². The van der Waals surface area contributed by atoms with Crippen molar-refractivity contribution in [2.45, 2.75) is 13.0 Å². The Kier molecular flexibility index (Phi) is 5.67. The molecule has 0 radical (unpaired) electrons. The van der Waals surface area contributed by atoms with Gasteiger partial charge in [-0.15, -0.1) is 0 Å². The first-order valence-corrected chi connectivity index (χ1v) is 6.01. The Morgan fingerprint density at radius 2 is 1.94 bits per heavy atom. The molecule has 0 aromatic heterocycles. The highest BCUT2D eigenvalue weighted by Crippen LogP contribution is 2.16. The van der Waals surface area contributed by atoms with E-state index < -0.39 is 6.10 Å². The molecular formula is C11H14ClN3O2S. The molecule has 0 heterocycles. The molecule has 0 saturated carbocycles. The summed E-state index contributed by atoms with van der Waals surface area (Å²) in [6, 6.07) is 6.77. The number of rotatable bonds is 3. The molecule has 1 aromatic rings. The maximum absolute atomic E-state index is 11.6. The number of amides is 1. The zero-order valence-corrected chi connectivity index (χ0v) is 11.6. The molecular weight excluding hydrogens is 274 g/mol. The summed E-state index contributed by atoms with van der Waals surface area (Å²) < 4.78 is 5.42. The van der Waals surface area contributed by atoms with Gasteiger partial charge in [0.15, 0.2) is 11.2 Å². The molecule has 18 heavy (non-hydrogen) atoms. The lowest BCUT2D eigenvalue weighted by molar-refractivity contribution is -0.127. The second-order valence-electron chi connectivity index (χ2n) is 3.41. The van der Waals surface area contributed by atoms with Crippen molar-refractivity contribution >= 4 is 34.8 Å². The van der Waals surface area contributed by atoms with Gasteiger partial charge in [-0.3, -0.25) is 15.6 Å². The van der Waals surface area contributed by atoms with Gasteiger partial charge in [0, 0.05) is 12.1 Å². The molecule has 98 valence electrons. The molecule has 0 spiro atoms. The van der Waals surface area contributed by atoms with Crippen molar-refractivity contribution in [1.29, 1.82) is 0 Å². The normalized spacial score (nSPS) is 11.3. The minimum Gasteiger partial charge on any atom is -0.481 e. The molecule has 1 atom stereocenters. The summed E-state index contributed by atoms with van der Waals surface area (Å²) in [5, 5.41) is 3.60. The quantitative estimate of drug-likeness (QED) is 0.577. The first-order valence-electron chi connectivity index (χ1n) is 5.22. The molecule has 0 unspecified atom stereocenters. The fourth-order valence-corrected chi connectivity index (χ4v) is 1.23. The number of hydrogen-bond donors (Lipinski definition) is 3. The summed E-state index contributed by atoms with van der Waals surface area (Å²) in [6.07, 6.45) is -0.654. The first kappa shape index (κ1) is 14.5. The lowest BCUT2D eigenvalue weighted by atomic mass is 10.3. The van der Waals surface area contributed by atoms with Crippen LogP contribution < -0.4 is 20.9 Å². The van der Waals surface area contributed by atoms with Gasteiger partial charge in [0.05, 0.1) is 0 Å². The summed E-state index contributed by atoms with van der Waals surface area (Å²) in [5.41, 5.74) is 4.95. The molecule has 0 aliphatic rings.